The van der Waals surface area contributed by atoms with Crippen molar-refractivity contribution in [1.29, 1.82) is 0 Å². The highest BCUT2D eigenvalue weighted by atomic mass is 35.5. The van der Waals surface area contributed by atoms with E-state index in [2.05, 4.69) is 63.3 Å². The molecule has 0 fully saturated rings. The van der Waals surface area contributed by atoms with Crippen LogP contribution in [0.25, 0.3) is 0 Å². The fourth-order valence-corrected chi connectivity index (χ4v) is 2.89. The van der Waals surface area contributed by atoms with Gasteiger partial charge in [0, 0.05) is 5.02 Å². The van der Waals surface area contributed by atoms with E-state index >= 15 is 0 Å². The minimum atomic E-state index is 0.192. The summed E-state index contributed by atoms with van der Waals surface area (Å²) in [6.45, 7) is 9.48. The van der Waals surface area contributed by atoms with Gasteiger partial charge in [-0.25, -0.2) is 0 Å². The lowest BCUT2D eigenvalue weighted by molar-refractivity contribution is 0.627. The molecule has 1 atom stereocenters. The maximum absolute atomic E-state index is 6.18. The van der Waals surface area contributed by atoms with Crippen LogP contribution in [0.2, 0.25) is 5.02 Å². The van der Waals surface area contributed by atoms with Gasteiger partial charge in [-0.3, -0.25) is 0 Å². The van der Waals surface area contributed by atoms with Crippen molar-refractivity contribution in [3.05, 3.63) is 69.2 Å². The summed E-state index contributed by atoms with van der Waals surface area (Å²) < 4.78 is 0. The van der Waals surface area contributed by atoms with Gasteiger partial charge in [-0.05, 0) is 56.1 Å². The molecule has 0 bridgehead atoms. The van der Waals surface area contributed by atoms with Crippen molar-refractivity contribution >= 4 is 11.6 Å². The van der Waals surface area contributed by atoms with Crippen molar-refractivity contribution in [3.8, 4) is 0 Å². The summed E-state index contributed by atoms with van der Waals surface area (Å²) in [4.78, 5) is 0. The molecule has 20 heavy (non-hydrogen) atoms. The van der Waals surface area contributed by atoms with E-state index in [1.165, 1.54) is 27.8 Å². The van der Waals surface area contributed by atoms with E-state index in [0.717, 1.165) is 11.6 Å². The van der Waals surface area contributed by atoms with Gasteiger partial charge in [0.05, 0.1) is 6.04 Å². The van der Waals surface area contributed by atoms with Crippen LogP contribution >= 0.6 is 11.6 Å². The van der Waals surface area contributed by atoms with Crippen molar-refractivity contribution in [3.63, 3.8) is 0 Å². The number of hydrogen-bond acceptors (Lipinski definition) is 1. The Balaban J connectivity index is 2.52. The van der Waals surface area contributed by atoms with E-state index in [-0.39, 0.29) is 6.04 Å². The molecule has 1 N–H and O–H groups in total. The SMILES string of the molecule is CCNC(c1cc(C)cc(C)c1)c1cc(Cl)ccc1C. The Hall–Kier alpha value is -1.31. The van der Waals surface area contributed by atoms with Gasteiger partial charge in [-0.15, -0.1) is 0 Å². The molecule has 0 aliphatic heterocycles. The van der Waals surface area contributed by atoms with E-state index in [1.807, 2.05) is 6.07 Å². The van der Waals surface area contributed by atoms with Crippen LogP contribution in [0.4, 0.5) is 0 Å². The molecule has 2 rings (SSSR count). The molecule has 0 radical (unpaired) electrons. The second kappa shape index (κ2) is 6.43. The Bertz CT molecular complexity index is 584. The number of benzene rings is 2. The number of halogens is 1. The summed E-state index contributed by atoms with van der Waals surface area (Å²) in [6.07, 6.45) is 0. The highest BCUT2D eigenvalue weighted by Crippen LogP contribution is 2.28. The molecule has 2 heteroatoms. The zero-order chi connectivity index (χ0) is 14.7. The summed E-state index contributed by atoms with van der Waals surface area (Å²) in [5.74, 6) is 0. The normalized spacial score (nSPS) is 12.4. The van der Waals surface area contributed by atoms with Gasteiger partial charge in [-0.2, -0.15) is 0 Å². The molecule has 0 aliphatic carbocycles. The molecule has 0 amide bonds. The Morgan fingerprint density at radius 3 is 2.25 bits per heavy atom. The molecule has 0 aliphatic rings. The first kappa shape index (κ1) is 15.1. The van der Waals surface area contributed by atoms with E-state index in [9.17, 15) is 0 Å². The lowest BCUT2D eigenvalue weighted by Crippen LogP contribution is -2.23. The molecule has 2 aromatic rings. The Kier molecular flexibility index (Phi) is 4.85. The van der Waals surface area contributed by atoms with Gasteiger partial charge in [0.15, 0.2) is 0 Å². The highest BCUT2D eigenvalue weighted by Gasteiger charge is 2.16. The maximum atomic E-state index is 6.18. The number of nitrogens with one attached hydrogen (secondary N) is 1. The van der Waals surface area contributed by atoms with Crippen LogP contribution in [0, 0.1) is 20.8 Å². The van der Waals surface area contributed by atoms with Gasteiger partial charge in [0.1, 0.15) is 0 Å². The van der Waals surface area contributed by atoms with Gasteiger partial charge >= 0.3 is 0 Å². The third kappa shape index (κ3) is 3.41. The quantitative estimate of drug-likeness (QED) is 0.838. The van der Waals surface area contributed by atoms with Crippen LogP contribution < -0.4 is 5.32 Å². The summed E-state index contributed by atoms with van der Waals surface area (Å²) in [5.41, 5.74) is 6.41. The zero-order valence-electron chi connectivity index (χ0n) is 12.6. The van der Waals surface area contributed by atoms with Crippen LogP contribution in [0.15, 0.2) is 36.4 Å². The predicted molar refractivity (Wildman–Crippen MR) is 87.6 cm³/mol. The van der Waals surface area contributed by atoms with Crippen LogP contribution in [0.5, 0.6) is 0 Å². The summed E-state index contributed by atoms with van der Waals surface area (Å²) >= 11 is 6.18. The first-order valence-electron chi connectivity index (χ1n) is 7.09. The van der Waals surface area contributed by atoms with Crippen molar-refractivity contribution in [2.24, 2.45) is 0 Å². The molecule has 0 saturated carbocycles. The summed E-state index contributed by atoms with van der Waals surface area (Å²) in [7, 11) is 0. The molecule has 1 nitrogen and oxygen atoms in total. The van der Waals surface area contributed by atoms with E-state index in [0.29, 0.717) is 0 Å². The van der Waals surface area contributed by atoms with Gasteiger partial charge in [0.25, 0.3) is 0 Å². The molecule has 0 heterocycles. The van der Waals surface area contributed by atoms with Gasteiger partial charge < -0.3 is 5.32 Å². The first-order chi connectivity index (χ1) is 9.51. The lowest BCUT2D eigenvalue weighted by Gasteiger charge is -2.22. The number of aryl methyl sites for hydroxylation is 3. The maximum Gasteiger partial charge on any atom is 0.0579 e. The minimum absolute atomic E-state index is 0.192. The van der Waals surface area contributed by atoms with E-state index in [1.54, 1.807) is 0 Å². The minimum Gasteiger partial charge on any atom is -0.307 e. The van der Waals surface area contributed by atoms with E-state index in [4.69, 9.17) is 11.6 Å². The van der Waals surface area contributed by atoms with Crippen LogP contribution in [0.3, 0.4) is 0 Å². The molecule has 106 valence electrons. The third-order valence-corrected chi connectivity index (χ3v) is 3.77. The van der Waals surface area contributed by atoms with Crippen molar-refractivity contribution in [2.75, 3.05) is 6.54 Å². The number of hydrogen-bond donors (Lipinski definition) is 1. The standard InChI is InChI=1S/C18H22ClN/c1-5-20-18(15-9-12(2)8-13(3)10-15)17-11-16(19)7-6-14(17)4/h6-11,18,20H,5H2,1-4H3. The average molecular weight is 288 g/mol. The Labute approximate surface area is 127 Å². The zero-order valence-corrected chi connectivity index (χ0v) is 13.4. The average Bonchev–Trinajstić information content (AvgIpc) is 2.38. The van der Waals surface area contributed by atoms with Gasteiger partial charge in [0.2, 0.25) is 0 Å². The van der Waals surface area contributed by atoms with Crippen molar-refractivity contribution < 1.29 is 0 Å². The Morgan fingerprint density at radius 2 is 1.65 bits per heavy atom. The first-order valence-corrected chi connectivity index (χ1v) is 7.46. The Morgan fingerprint density at radius 1 is 1.00 bits per heavy atom. The second-order valence-electron chi connectivity index (χ2n) is 5.41. The molecule has 2 aromatic carbocycles. The fraction of sp³-hybridized carbons (Fsp3) is 0.333. The lowest BCUT2D eigenvalue weighted by atomic mass is 9.93. The van der Waals surface area contributed by atoms with Crippen LogP contribution in [-0.2, 0) is 0 Å². The van der Waals surface area contributed by atoms with Gasteiger partial charge in [-0.1, -0.05) is 53.9 Å². The molecular weight excluding hydrogens is 266 g/mol. The monoisotopic (exact) mass is 287 g/mol. The largest absolute Gasteiger partial charge is 0.307 e. The molecule has 0 aromatic heterocycles. The van der Waals surface area contributed by atoms with Crippen molar-refractivity contribution in [1.82, 2.24) is 5.32 Å². The topological polar surface area (TPSA) is 12.0 Å². The second-order valence-corrected chi connectivity index (χ2v) is 5.85. The fourth-order valence-electron chi connectivity index (χ4n) is 2.71. The number of rotatable bonds is 4. The molecule has 1 unspecified atom stereocenters. The summed E-state index contributed by atoms with van der Waals surface area (Å²) in [6, 6.07) is 13.0. The van der Waals surface area contributed by atoms with Crippen molar-refractivity contribution in [2.45, 2.75) is 33.7 Å². The molecule has 0 spiro atoms. The van der Waals surface area contributed by atoms with Crippen LogP contribution in [0.1, 0.15) is 40.8 Å². The summed E-state index contributed by atoms with van der Waals surface area (Å²) in [5, 5.41) is 4.37. The molecular formula is C18H22ClN. The predicted octanol–water partition coefficient (Wildman–Crippen LogP) is 4.96. The van der Waals surface area contributed by atoms with Crippen LogP contribution in [-0.4, -0.2) is 6.54 Å². The highest BCUT2D eigenvalue weighted by molar-refractivity contribution is 6.30. The van der Waals surface area contributed by atoms with E-state index < -0.39 is 0 Å². The third-order valence-electron chi connectivity index (χ3n) is 3.54. The smallest absolute Gasteiger partial charge is 0.0579 e. The molecule has 0 saturated heterocycles.